The van der Waals surface area contributed by atoms with E-state index < -0.39 is 0 Å². The fraction of sp³-hybridized carbons (Fsp3) is 0.611. The summed E-state index contributed by atoms with van der Waals surface area (Å²) in [4.78, 5) is 8.77. The molecule has 0 bridgehead atoms. The van der Waals surface area contributed by atoms with Crippen LogP contribution < -0.4 is 0 Å². The third kappa shape index (κ3) is 4.62. The minimum absolute atomic E-state index is 0.303. The van der Waals surface area contributed by atoms with Gasteiger partial charge in [0.25, 0.3) is 0 Å². The molecule has 2 aromatic heterocycles. The van der Waals surface area contributed by atoms with E-state index in [1.807, 2.05) is 23.1 Å². The summed E-state index contributed by atoms with van der Waals surface area (Å²) in [5.74, 6) is 0.303. The van der Waals surface area contributed by atoms with Crippen molar-refractivity contribution in [3.63, 3.8) is 0 Å². The first-order chi connectivity index (χ1) is 12.2. The average molecular weight is 344 g/mol. The van der Waals surface area contributed by atoms with Gasteiger partial charge in [-0.25, -0.2) is 4.68 Å². The van der Waals surface area contributed by atoms with Gasteiger partial charge in [0, 0.05) is 51.0 Å². The molecule has 0 spiro atoms. The zero-order valence-electron chi connectivity index (χ0n) is 15.4. The van der Waals surface area contributed by atoms with Crippen molar-refractivity contribution >= 4 is 0 Å². The summed E-state index contributed by atoms with van der Waals surface area (Å²) < 4.78 is 7.98. The number of nitrogens with zero attached hydrogens (tertiary/aromatic N) is 6. The van der Waals surface area contributed by atoms with Gasteiger partial charge in [-0.3, -0.25) is 9.88 Å². The molecule has 0 saturated heterocycles. The lowest BCUT2D eigenvalue weighted by Gasteiger charge is -2.32. The van der Waals surface area contributed by atoms with E-state index in [1.165, 1.54) is 11.3 Å². The molecule has 25 heavy (non-hydrogen) atoms. The molecule has 3 heterocycles. The van der Waals surface area contributed by atoms with Gasteiger partial charge in [0.05, 0.1) is 18.9 Å². The Morgan fingerprint density at radius 1 is 1.36 bits per heavy atom. The molecule has 7 nitrogen and oxygen atoms in total. The quantitative estimate of drug-likeness (QED) is 0.674. The first-order valence-electron chi connectivity index (χ1n) is 8.93. The van der Waals surface area contributed by atoms with Crippen LogP contribution in [0.25, 0.3) is 0 Å². The Labute approximate surface area is 149 Å². The van der Waals surface area contributed by atoms with Crippen molar-refractivity contribution in [2.45, 2.75) is 32.5 Å². The first kappa shape index (κ1) is 18.0. The lowest BCUT2D eigenvalue weighted by molar-refractivity contribution is 0.0832. The minimum atomic E-state index is 0.303. The molecular formula is C18H28N6O. The number of hydrogen-bond acceptors (Lipinski definition) is 6. The fourth-order valence-electron chi connectivity index (χ4n) is 3.30. The largest absolute Gasteiger partial charge is 0.379 e. The molecule has 1 atom stereocenters. The second-order valence-corrected chi connectivity index (χ2v) is 6.84. The Hall–Kier alpha value is -1.83. The third-order valence-electron chi connectivity index (χ3n) is 4.52. The number of aryl methyl sites for hydroxylation is 1. The molecule has 1 aliphatic rings. The Bertz CT molecular complexity index is 657. The molecule has 0 aromatic carbocycles. The summed E-state index contributed by atoms with van der Waals surface area (Å²) >= 11 is 0. The van der Waals surface area contributed by atoms with Crippen LogP contribution in [0, 0.1) is 0 Å². The van der Waals surface area contributed by atoms with E-state index in [0.717, 1.165) is 45.0 Å². The zero-order chi connectivity index (χ0) is 17.6. The number of ether oxygens (including phenoxy) is 1. The van der Waals surface area contributed by atoms with Crippen LogP contribution in [0.5, 0.6) is 0 Å². The van der Waals surface area contributed by atoms with E-state index in [1.54, 1.807) is 0 Å². The summed E-state index contributed by atoms with van der Waals surface area (Å²) in [6.45, 7) is 8.01. The smallest absolute Gasteiger partial charge is 0.100 e. The van der Waals surface area contributed by atoms with Gasteiger partial charge in [-0.05, 0) is 32.6 Å². The highest BCUT2D eigenvalue weighted by atomic mass is 16.5. The van der Waals surface area contributed by atoms with Crippen LogP contribution in [0.3, 0.4) is 0 Å². The normalized spacial score (nSPS) is 17.8. The standard InChI is InChI=1S/C18H28N6O/c1-4-24-18-16(14-25-9-8-22(2)3)12-23(13-17(18)20-21-24)11-15-6-5-7-19-10-15/h5-7,10,16H,4,8-9,11-14H2,1-3H3. The van der Waals surface area contributed by atoms with Crippen molar-refractivity contribution in [3.05, 3.63) is 41.5 Å². The van der Waals surface area contributed by atoms with Crippen molar-refractivity contribution < 1.29 is 4.74 Å². The maximum Gasteiger partial charge on any atom is 0.100 e. The van der Waals surface area contributed by atoms with Gasteiger partial charge in [-0.15, -0.1) is 5.10 Å². The van der Waals surface area contributed by atoms with Crippen molar-refractivity contribution in [2.24, 2.45) is 0 Å². The number of hydrogen-bond donors (Lipinski definition) is 0. The van der Waals surface area contributed by atoms with Crippen LogP contribution in [0.15, 0.2) is 24.5 Å². The molecular weight excluding hydrogens is 316 g/mol. The molecule has 0 amide bonds. The van der Waals surface area contributed by atoms with Crippen LogP contribution in [0.2, 0.25) is 0 Å². The molecule has 0 fully saturated rings. The first-order valence-corrected chi connectivity index (χ1v) is 8.93. The van der Waals surface area contributed by atoms with E-state index in [0.29, 0.717) is 12.5 Å². The maximum absolute atomic E-state index is 5.96. The Balaban J connectivity index is 1.69. The van der Waals surface area contributed by atoms with E-state index in [2.05, 4.69) is 52.2 Å². The van der Waals surface area contributed by atoms with E-state index >= 15 is 0 Å². The Kier molecular flexibility index (Phi) is 6.12. The van der Waals surface area contributed by atoms with Crippen molar-refractivity contribution in [1.29, 1.82) is 0 Å². The predicted molar refractivity (Wildman–Crippen MR) is 96.2 cm³/mol. The van der Waals surface area contributed by atoms with Gasteiger partial charge in [-0.2, -0.15) is 0 Å². The summed E-state index contributed by atoms with van der Waals surface area (Å²) in [6, 6.07) is 4.11. The SMILES string of the molecule is CCn1nnc2c1C(COCCN(C)C)CN(Cc1cccnc1)C2. The van der Waals surface area contributed by atoms with Gasteiger partial charge in [0.15, 0.2) is 0 Å². The van der Waals surface area contributed by atoms with Gasteiger partial charge in [0.1, 0.15) is 5.69 Å². The fourth-order valence-corrected chi connectivity index (χ4v) is 3.30. The molecule has 1 unspecified atom stereocenters. The van der Waals surface area contributed by atoms with E-state index in [4.69, 9.17) is 4.74 Å². The van der Waals surface area contributed by atoms with Crippen molar-refractivity contribution in [2.75, 3.05) is 40.4 Å². The number of likely N-dealkylation sites (N-methyl/N-ethyl adjacent to an activating group) is 1. The third-order valence-corrected chi connectivity index (χ3v) is 4.52. The molecule has 0 aliphatic carbocycles. The summed E-state index contributed by atoms with van der Waals surface area (Å²) in [6.07, 6.45) is 3.74. The summed E-state index contributed by atoms with van der Waals surface area (Å²) in [5, 5.41) is 8.75. The van der Waals surface area contributed by atoms with Crippen molar-refractivity contribution in [3.8, 4) is 0 Å². The van der Waals surface area contributed by atoms with Crippen LogP contribution in [0.4, 0.5) is 0 Å². The molecule has 0 N–H and O–H groups in total. The number of rotatable bonds is 8. The van der Waals surface area contributed by atoms with Crippen LogP contribution in [-0.4, -0.2) is 70.2 Å². The maximum atomic E-state index is 5.96. The predicted octanol–water partition coefficient (Wildman–Crippen LogP) is 1.37. The van der Waals surface area contributed by atoms with Crippen LogP contribution in [0.1, 0.15) is 29.8 Å². The molecule has 1 aliphatic heterocycles. The highest BCUT2D eigenvalue weighted by Crippen LogP contribution is 2.28. The lowest BCUT2D eigenvalue weighted by atomic mass is 9.98. The number of aromatic nitrogens is 4. The highest BCUT2D eigenvalue weighted by molar-refractivity contribution is 5.20. The van der Waals surface area contributed by atoms with Crippen molar-refractivity contribution in [1.82, 2.24) is 29.8 Å². The van der Waals surface area contributed by atoms with Gasteiger partial charge in [0.2, 0.25) is 0 Å². The molecule has 0 saturated carbocycles. The second kappa shape index (κ2) is 8.51. The van der Waals surface area contributed by atoms with Crippen LogP contribution in [-0.2, 0) is 24.4 Å². The van der Waals surface area contributed by atoms with Gasteiger partial charge < -0.3 is 9.64 Å². The number of pyridine rings is 1. The summed E-state index contributed by atoms with van der Waals surface area (Å²) in [5.41, 5.74) is 3.55. The highest BCUT2D eigenvalue weighted by Gasteiger charge is 2.30. The molecule has 3 rings (SSSR count). The number of fused-ring (bicyclic) bond motifs is 1. The second-order valence-electron chi connectivity index (χ2n) is 6.84. The Morgan fingerprint density at radius 3 is 2.96 bits per heavy atom. The van der Waals surface area contributed by atoms with E-state index in [-0.39, 0.29) is 0 Å². The van der Waals surface area contributed by atoms with Gasteiger partial charge >= 0.3 is 0 Å². The topological polar surface area (TPSA) is 59.3 Å². The monoisotopic (exact) mass is 344 g/mol. The average Bonchev–Trinajstić information content (AvgIpc) is 3.02. The molecule has 7 heteroatoms. The van der Waals surface area contributed by atoms with E-state index in [9.17, 15) is 0 Å². The van der Waals surface area contributed by atoms with Gasteiger partial charge in [-0.1, -0.05) is 11.3 Å². The van der Waals surface area contributed by atoms with Crippen LogP contribution >= 0.6 is 0 Å². The minimum Gasteiger partial charge on any atom is -0.379 e. The molecule has 136 valence electrons. The Morgan fingerprint density at radius 2 is 2.24 bits per heavy atom. The zero-order valence-corrected chi connectivity index (χ0v) is 15.4. The molecule has 0 radical (unpaired) electrons. The molecule has 2 aromatic rings. The summed E-state index contributed by atoms with van der Waals surface area (Å²) in [7, 11) is 4.13. The lowest BCUT2D eigenvalue weighted by Crippen LogP contribution is -2.36.